The fourth-order valence-corrected chi connectivity index (χ4v) is 2.42. The molecule has 0 heterocycles. The van der Waals surface area contributed by atoms with Gasteiger partial charge in [-0.1, -0.05) is 18.2 Å². The van der Waals surface area contributed by atoms with Crippen molar-refractivity contribution in [2.24, 2.45) is 0 Å². The van der Waals surface area contributed by atoms with Gasteiger partial charge in [-0.2, -0.15) is 0 Å². The molecule has 0 spiro atoms. The van der Waals surface area contributed by atoms with Gasteiger partial charge in [0.1, 0.15) is 25.1 Å². The Kier molecular flexibility index (Phi) is 7.22. The van der Waals surface area contributed by atoms with Gasteiger partial charge in [-0.15, -0.1) is 0 Å². The van der Waals surface area contributed by atoms with Crippen LogP contribution in [0.4, 0.5) is 0 Å². The third kappa shape index (κ3) is 5.22. The summed E-state index contributed by atoms with van der Waals surface area (Å²) in [7, 11) is 2.87. The van der Waals surface area contributed by atoms with Crippen LogP contribution in [0.2, 0.25) is 0 Å². The number of hydrogen-bond acceptors (Lipinski definition) is 7. The number of aromatic hydroxyl groups is 1. The standard InChI is InChI=1S/C20H22O7/c1-25-18-11-14(6-7-15(18)22)20(24)16(23)12-27-17-8-5-13(4-3-9-21)10-19(17)26-2/h3-11,16,20,22-24H,12H2,1-2H3/b4-3+/t16-,20-/m0/s1. The highest BCUT2D eigenvalue weighted by Crippen LogP contribution is 2.31. The molecule has 2 aromatic rings. The van der Waals surface area contributed by atoms with Crippen LogP contribution in [0.15, 0.2) is 42.5 Å². The van der Waals surface area contributed by atoms with Crippen molar-refractivity contribution >= 4 is 12.4 Å². The zero-order valence-electron chi connectivity index (χ0n) is 15.0. The fraction of sp³-hybridized carbons (Fsp3) is 0.250. The molecule has 0 aromatic heterocycles. The molecule has 3 N–H and O–H groups in total. The van der Waals surface area contributed by atoms with Crippen LogP contribution in [0, 0.1) is 0 Å². The van der Waals surface area contributed by atoms with E-state index < -0.39 is 12.2 Å². The summed E-state index contributed by atoms with van der Waals surface area (Å²) in [5.74, 6) is 0.944. The van der Waals surface area contributed by atoms with Gasteiger partial charge in [-0.3, -0.25) is 4.79 Å². The molecule has 2 aromatic carbocycles. The number of ether oxygens (including phenoxy) is 3. The minimum absolute atomic E-state index is 0.0624. The summed E-state index contributed by atoms with van der Waals surface area (Å²) < 4.78 is 15.8. The van der Waals surface area contributed by atoms with E-state index in [9.17, 15) is 20.1 Å². The number of carbonyl (C=O) groups is 1. The monoisotopic (exact) mass is 374 g/mol. The van der Waals surface area contributed by atoms with Crippen LogP contribution in [0.3, 0.4) is 0 Å². The van der Waals surface area contributed by atoms with Gasteiger partial charge in [0.2, 0.25) is 0 Å². The fourth-order valence-electron chi connectivity index (χ4n) is 2.42. The average molecular weight is 374 g/mol. The van der Waals surface area contributed by atoms with Crippen molar-refractivity contribution in [3.8, 4) is 23.0 Å². The Morgan fingerprint density at radius 2 is 1.74 bits per heavy atom. The smallest absolute Gasteiger partial charge is 0.161 e. The van der Waals surface area contributed by atoms with Crippen molar-refractivity contribution in [3.63, 3.8) is 0 Å². The molecule has 0 saturated heterocycles. The van der Waals surface area contributed by atoms with Crippen LogP contribution in [-0.4, -0.2) is 48.5 Å². The van der Waals surface area contributed by atoms with Gasteiger partial charge in [0.15, 0.2) is 23.0 Å². The summed E-state index contributed by atoms with van der Waals surface area (Å²) in [6.45, 7) is -0.190. The normalized spacial score (nSPS) is 13.2. The van der Waals surface area contributed by atoms with E-state index in [1.165, 1.54) is 38.5 Å². The molecule has 0 fully saturated rings. The third-order valence-corrected chi connectivity index (χ3v) is 3.87. The molecule has 0 amide bonds. The molecule has 0 radical (unpaired) electrons. The molecule has 144 valence electrons. The van der Waals surface area contributed by atoms with Crippen molar-refractivity contribution in [1.29, 1.82) is 0 Å². The van der Waals surface area contributed by atoms with Crippen molar-refractivity contribution < 1.29 is 34.3 Å². The predicted molar refractivity (Wildman–Crippen MR) is 99.2 cm³/mol. The number of hydrogen-bond donors (Lipinski definition) is 3. The summed E-state index contributed by atoms with van der Waals surface area (Å²) >= 11 is 0. The van der Waals surface area contributed by atoms with Crippen LogP contribution >= 0.6 is 0 Å². The molecule has 0 bridgehead atoms. The highest BCUT2D eigenvalue weighted by Gasteiger charge is 2.21. The number of rotatable bonds is 9. The molecular weight excluding hydrogens is 352 g/mol. The molecule has 0 aliphatic carbocycles. The lowest BCUT2D eigenvalue weighted by Crippen LogP contribution is -2.25. The molecule has 7 nitrogen and oxygen atoms in total. The van der Waals surface area contributed by atoms with Crippen molar-refractivity contribution in [2.45, 2.75) is 12.2 Å². The second-order valence-corrected chi connectivity index (χ2v) is 5.66. The maximum absolute atomic E-state index is 10.4. The quantitative estimate of drug-likeness (QED) is 0.456. The number of phenolic OH excluding ortho intramolecular Hbond substituents is 1. The number of phenols is 1. The molecule has 0 unspecified atom stereocenters. The van der Waals surface area contributed by atoms with Gasteiger partial charge in [0, 0.05) is 0 Å². The number of aliphatic hydroxyl groups excluding tert-OH is 2. The Hall–Kier alpha value is -3.03. The highest BCUT2D eigenvalue weighted by atomic mass is 16.5. The SMILES string of the molecule is COc1cc([C@H](O)[C@@H](O)COc2ccc(/C=C/C=O)cc2OC)ccc1O. The van der Waals surface area contributed by atoms with E-state index in [0.29, 0.717) is 23.3 Å². The predicted octanol–water partition coefficient (Wildman–Crippen LogP) is 2.09. The Bertz CT molecular complexity index is 801. The summed E-state index contributed by atoms with van der Waals surface area (Å²) in [6, 6.07) is 9.36. The van der Waals surface area contributed by atoms with Gasteiger partial charge in [-0.05, 0) is 41.5 Å². The van der Waals surface area contributed by atoms with E-state index in [1.807, 2.05) is 0 Å². The molecular formula is C20H22O7. The van der Waals surface area contributed by atoms with Crippen LogP contribution in [0.5, 0.6) is 23.0 Å². The number of carbonyl (C=O) groups excluding carboxylic acids is 1. The number of benzene rings is 2. The molecule has 0 saturated carbocycles. The Labute approximate surface area is 157 Å². The Balaban J connectivity index is 2.07. The summed E-state index contributed by atoms with van der Waals surface area (Å²) in [6.07, 6.45) is 1.20. The minimum atomic E-state index is -1.24. The first-order chi connectivity index (χ1) is 13.0. The molecule has 0 aliphatic rings. The average Bonchev–Trinajstić information content (AvgIpc) is 2.70. The van der Waals surface area contributed by atoms with Crippen molar-refractivity contribution in [1.82, 2.24) is 0 Å². The third-order valence-electron chi connectivity index (χ3n) is 3.87. The summed E-state index contributed by atoms with van der Waals surface area (Å²) in [5, 5.41) is 30.1. The van der Waals surface area contributed by atoms with Crippen LogP contribution < -0.4 is 14.2 Å². The van der Waals surface area contributed by atoms with Crippen LogP contribution in [0.25, 0.3) is 6.08 Å². The first kappa shape index (κ1) is 20.3. The first-order valence-corrected chi connectivity index (χ1v) is 8.15. The number of methoxy groups -OCH3 is 2. The number of allylic oxidation sites excluding steroid dienone is 1. The first-order valence-electron chi connectivity index (χ1n) is 8.15. The number of aliphatic hydroxyl groups is 2. The molecule has 2 rings (SSSR count). The van der Waals surface area contributed by atoms with E-state index in [1.54, 1.807) is 24.3 Å². The van der Waals surface area contributed by atoms with Crippen molar-refractivity contribution in [2.75, 3.05) is 20.8 Å². The zero-order valence-corrected chi connectivity index (χ0v) is 15.0. The van der Waals surface area contributed by atoms with Crippen LogP contribution in [-0.2, 0) is 4.79 Å². The van der Waals surface area contributed by atoms with Crippen molar-refractivity contribution in [3.05, 3.63) is 53.6 Å². The topological polar surface area (TPSA) is 105 Å². The maximum atomic E-state index is 10.4. The van der Waals surface area contributed by atoms with E-state index in [2.05, 4.69) is 0 Å². The Morgan fingerprint density at radius 3 is 2.41 bits per heavy atom. The van der Waals surface area contributed by atoms with Gasteiger partial charge in [0.25, 0.3) is 0 Å². The van der Waals surface area contributed by atoms with Gasteiger partial charge in [0.05, 0.1) is 14.2 Å². The van der Waals surface area contributed by atoms with E-state index in [-0.39, 0.29) is 18.1 Å². The lowest BCUT2D eigenvalue weighted by molar-refractivity contribution is -0.104. The summed E-state index contributed by atoms with van der Waals surface area (Å²) in [5.41, 5.74) is 1.13. The van der Waals surface area contributed by atoms with E-state index >= 15 is 0 Å². The molecule has 7 heteroatoms. The van der Waals surface area contributed by atoms with Gasteiger partial charge < -0.3 is 29.5 Å². The maximum Gasteiger partial charge on any atom is 0.161 e. The zero-order chi connectivity index (χ0) is 19.8. The lowest BCUT2D eigenvalue weighted by Gasteiger charge is -2.20. The molecule has 0 aliphatic heterocycles. The number of aldehydes is 1. The molecule has 2 atom stereocenters. The largest absolute Gasteiger partial charge is 0.504 e. The van der Waals surface area contributed by atoms with Gasteiger partial charge in [-0.25, -0.2) is 0 Å². The second kappa shape index (κ2) is 9.61. The minimum Gasteiger partial charge on any atom is -0.504 e. The Morgan fingerprint density at radius 1 is 1.00 bits per heavy atom. The van der Waals surface area contributed by atoms with E-state index in [0.717, 1.165) is 5.56 Å². The van der Waals surface area contributed by atoms with Crippen LogP contribution in [0.1, 0.15) is 17.2 Å². The lowest BCUT2D eigenvalue weighted by atomic mass is 10.0. The summed E-state index contributed by atoms with van der Waals surface area (Å²) in [4.78, 5) is 10.4. The van der Waals surface area contributed by atoms with E-state index in [4.69, 9.17) is 14.2 Å². The van der Waals surface area contributed by atoms with Gasteiger partial charge >= 0.3 is 0 Å². The highest BCUT2D eigenvalue weighted by molar-refractivity contribution is 5.74. The second-order valence-electron chi connectivity index (χ2n) is 5.66. The molecule has 27 heavy (non-hydrogen) atoms.